The average Bonchev–Trinajstić information content (AvgIpc) is 2.93. The summed E-state index contributed by atoms with van der Waals surface area (Å²) in [6.07, 6.45) is 0.764. The molecule has 2 rings (SSSR count). The lowest BCUT2D eigenvalue weighted by atomic mass is 10.2. The van der Waals surface area contributed by atoms with Crippen molar-refractivity contribution in [3.8, 4) is 5.75 Å². The minimum atomic E-state index is -0.248. The maximum Gasteiger partial charge on any atom is 0.238 e. The van der Waals surface area contributed by atoms with E-state index in [1.165, 1.54) is 11.3 Å². The van der Waals surface area contributed by atoms with E-state index in [0.29, 0.717) is 17.8 Å². The Kier molecular flexibility index (Phi) is 4.30. The Balaban J connectivity index is 2.14. The number of hydrogen-bond donors (Lipinski definition) is 0. The van der Waals surface area contributed by atoms with Crippen LogP contribution in [0.15, 0.2) is 41.8 Å². The number of imide groups is 1. The van der Waals surface area contributed by atoms with Crippen LogP contribution in [-0.4, -0.2) is 19.4 Å². The van der Waals surface area contributed by atoms with E-state index in [-0.39, 0.29) is 12.3 Å². The highest BCUT2D eigenvalue weighted by Gasteiger charge is 2.15. The number of nitrogens with zero attached hydrogens (tertiary/aromatic N) is 1. The highest BCUT2D eigenvalue weighted by Crippen LogP contribution is 2.19. The number of thiophene rings is 1. The standard InChI is InChI=1S/C14H13NO3S/c1-18-12-6-4-11(5-7-12)15(10-16)14(17)9-13-3-2-8-19-13/h2-8,10H,9H2,1H3. The van der Waals surface area contributed by atoms with Gasteiger partial charge in [0.05, 0.1) is 19.2 Å². The van der Waals surface area contributed by atoms with Crippen LogP contribution in [0.4, 0.5) is 5.69 Å². The Labute approximate surface area is 115 Å². The zero-order valence-corrected chi connectivity index (χ0v) is 11.2. The quantitative estimate of drug-likeness (QED) is 0.788. The Hall–Kier alpha value is -2.14. The van der Waals surface area contributed by atoms with Crippen LogP contribution in [0.1, 0.15) is 4.88 Å². The zero-order valence-electron chi connectivity index (χ0n) is 10.4. The predicted octanol–water partition coefficient (Wildman–Crippen LogP) is 2.49. The molecule has 0 saturated carbocycles. The summed E-state index contributed by atoms with van der Waals surface area (Å²) in [5.74, 6) is 0.433. The average molecular weight is 275 g/mol. The molecule has 0 spiro atoms. The number of ether oxygens (including phenoxy) is 1. The molecule has 0 aliphatic rings. The molecule has 0 unspecified atom stereocenters. The van der Waals surface area contributed by atoms with Crippen molar-refractivity contribution in [2.24, 2.45) is 0 Å². The van der Waals surface area contributed by atoms with Gasteiger partial charge in [-0.05, 0) is 35.7 Å². The maximum absolute atomic E-state index is 12.1. The molecule has 5 heteroatoms. The normalized spacial score (nSPS) is 9.95. The SMILES string of the molecule is COc1ccc(N(C=O)C(=O)Cc2cccs2)cc1. The summed E-state index contributed by atoms with van der Waals surface area (Å²) in [6.45, 7) is 0. The Bertz CT molecular complexity index is 549. The van der Waals surface area contributed by atoms with Crippen molar-refractivity contribution >= 4 is 29.3 Å². The molecule has 0 radical (unpaired) electrons. The van der Waals surface area contributed by atoms with E-state index in [9.17, 15) is 9.59 Å². The van der Waals surface area contributed by atoms with Crippen LogP contribution in [0.25, 0.3) is 0 Å². The molecule has 0 bridgehead atoms. The first kappa shape index (κ1) is 13.3. The van der Waals surface area contributed by atoms with Gasteiger partial charge in [0.2, 0.25) is 12.3 Å². The van der Waals surface area contributed by atoms with Gasteiger partial charge < -0.3 is 4.74 Å². The van der Waals surface area contributed by atoms with Crippen molar-refractivity contribution < 1.29 is 14.3 Å². The van der Waals surface area contributed by atoms with Crippen LogP contribution >= 0.6 is 11.3 Å². The molecule has 0 aliphatic heterocycles. The van der Waals surface area contributed by atoms with Crippen LogP contribution < -0.4 is 9.64 Å². The van der Waals surface area contributed by atoms with Gasteiger partial charge in [0.25, 0.3) is 0 Å². The van der Waals surface area contributed by atoms with Crippen molar-refractivity contribution in [3.63, 3.8) is 0 Å². The largest absolute Gasteiger partial charge is 0.497 e. The lowest BCUT2D eigenvalue weighted by Crippen LogP contribution is -2.30. The van der Waals surface area contributed by atoms with Gasteiger partial charge in [-0.25, -0.2) is 0 Å². The van der Waals surface area contributed by atoms with E-state index in [1.54, 1.807) is 31.4 Å². The molecule has 0 N–H and O–H groups in total. The highest BCUT2D eigenvalue weighted by atomic mass is 32.1. The van der Waals surface area contributed by atoms with Gasteiger partial charge >= 0.3 is 0 Å². The molecule has 0 aliphatic carbocycles. The predicted molar refractivity (Wildman–Crippen MR) is 74.6 cm³/mol. The van der Waals surface area contributed by atoms with Gasteiger partial charge in [-0.2, -0.15) is 0 Å². The van der Waals surface area contributed by atoms with E-state index in [1.807, 2.05) is 17.5 Å². The second-order valence-corrected chi connectivity index (χ2v) is 4.86. The summed E-state index contributed by atoms with van der Waals surface area (Å²) in [7, 11) is 1.56. The number of anilines is 1. The smallest absolute Gasteiger partial charge is 0.238 e. The zero-order chi connectivity index (χ0) is 13.7. The Morgan fingerprint density at radius 2 is 2.05 bits per heavy atom. The number of methoxy groups -OCH3 is 1. The first-order valence-corrected chi connectivity index (χ1v) is 6.56. The summed E-state index contributed by atoms with van der Waals surface area (Å²) in [5.41, 5.74) is 0.539. The van der Waals surface area contributed by atoms with E-state index in [4.69, 9.17) is 4.74 Å². The molecule has 98 valence electrons. The lowest BCUT2D eigenvalue weighted by Gasteiger charge is -2.15. The third kappa shape index (κ3) is 3.20. The molecule has 0 fully saturated rings. The molecule has 4 nitrogen and oxygen atoms in total. The molecule has 1 aromatic heterocycles. The van der Waals surface area contributed by atoms with Crippen LogP contribution in [0.2, 0.25) is 0 Å². The monoisotopic (exact) mass is 275 g/mol. The molecule has 2 aromatic rings. The van der Waals surface area contributed by atoms with Crippen molar-refractivity contribution in [2.45, 2.75) is 6.42 Å². The van der Waals surface area contributed by atoms with Gasteiger partial charge in [-0.3, -0.25) is 14.5 Å². The Morgan fingerprint density at radius 3 is 2.58 bits per heavy atom. The highest BCUT2D eigenvalue weighted by molar-refractivity contribution is 7.10. The summed E-state index contributed by atoms with van der Waals surface area (Å²) < 4.78 is 5.04. The van der Waals surface area contributed by atoms with Crippen molar-refractivity contribution in [1.82, 2.24) is 0 Å². The first-order valence-electron chi connectivity index (χ1n) is 5.68. The molecule has 19 heavy (non-hydrogen) atoms. The molecule has 0 saturated heterocycles. The fourth-order valence-electron chi connectivity index (χ4n) is 1.65. The van der Waals surface area contributed by atoms with E-state index >= 15 is 0 Å². The van der Waals surface area contributed by atoms with Gasteiger partial charge in [0, 0.05) is 4.88 Å². The fourth-order valence-corrected chi connectivity index (χ4v) is 2.35. The number of carbonyl (C=O) groups excluding carboxylic acids is 2. The van der Waals surface area contributed by atoms with Crippen LogP contribution in [0.3, 0.4) is 0 Å². The topological polar surface area (TPSA) is 46.6 Å². The van der Waals surface area contributed by atoms with Gasteiger partial charge in [0.15, 0.2) is 0 Å². The minimum absolute atomic E-state index is 0.225. The second kappa shape index (κ2) is 6.15. The van der Waals surface area contributed by atoms with Crippen molar-refractivity contribution in [1.29, 1.82) is 0 Å². The summed E-state index contributed by atoms with van der Waals surface area (Å²) in [4.78, 5) is 25.2. The molecule has 1 aromatic carbocycles. The van der Waals surface area contributed by atoms with Crippen molar-refractivity contribution in [2.75, 3.05) is 12.0 Å². The molecule has 0 atom stereocenters. The summed E-state index contributed by atoms with van der Waals surface area (Å²) in [6, 6.07) is 10.5. The number of carbonyl (C=O) groups is 2. The summed E-state index contributed by atoms with van der Waals surface area (Å²) in [5, 5.41) is 1.90. The molecular weight excluding hydrogens is 262 g/mol. The fraction of sp³-hybridized carbons (Fsp3) is 0.143. The number of amides is 2. The lowest BCUT2D eigenvalue weighted by molar-refractivity contribution is -0.121. The van der Waals surface area contributed by atoms with E-state index in [0.717, 1.165) is 9.78 Å². The van der Waals surface area contributed by atoms with Crippen LogP contribution in [0.5, 0.6) is 5.75 Å². The summed E-state index contributed by atoms with van der Waals surface area (Å²) >= 11 is 1.50. The third-order valence-electron chi connectivity index (χ3n) is 2.63. The first-order chi connectivity index (χ1) is 9.24. The number of rotatable bonds is 5. The van der Waals surface area contributed by atoms with Crippen LogP contribution in [-0.2, 0) is 16.0 Å². The Morgan fingerprint density at radius 1 is 1.32 bits per heavy atom. The third-order valence-corrected chi connectivity index (χ3v) is 3.51. The minimum Gasteiger partial charge on any atom is -0.497 e. The second-order valence-electron chi connectivity index (χ2n) is 3.82. The van der Waals surface area contributed by atoms with E-state index in [2.05, 4.69) is 0 Å². The van der Waals surface area contributed by atoms with Crippen LogP contribution in [0, 0.1) is 0 Å². The maximum atomic E-state index is 12.1. The molecule has 2 amide bonds. The van der Waals surface area contributed by atoms with Crippen molar-refractivity contribution in [3.05, 3.63) is 46.7 Å². The van der Waals surface area contributed by atoms with E-state index < -0.39 is 0 Å². The van der Waals surface area contributed by atoms with Gasteiger partial charge in [-0.15, -0.1) is 11.3 Å². The number of benzene rings is 1. The molecule has 1 heterocycles. The number of hydrogen-bond acceptors (Lipinski definition) is 4. The van der Waals surface area contributed by atoms with Gasteiger partial charge in [-0.1, -0.05) is 6.07 Å². The van der Waals surface area contributed by atoms with Gasteiger partial charge in [0.1, 0.15) is 5.75 Å². The molecular formula is C14H13NO3S.